The Bertz CT molecular complexity index is 1410. The largest absolute Gasteiger partial charge is 0.394 e. The van der Waals surface area contributed by atoms with E-state index in [9.17, 15) is 9.90 Å². The molecular weight excluding hydrogens is 581 g/mol. The number of rotatable bonds is 14. The first-order chi connectivity index (χ1) is 20.1. The minimum atomic E-state index is -0.678. The summed E-state index contributed by atoms with van der Waals surface area (Å²) in [5, 5.41) is 18.6. The van der Waals surface area contributed by atoms with E-state index in [4.69, 9.17) is 14.6 Å². The molecule has 8 nitrogen and oxygen atoms in total. The van der Waals surface area contributed by atoms with Gasteiger partial charge in [0, 0.05) is 39.8 Å². The molecule has 2 N–H and O–H groups in total. The van der Waals surface area contributed by atoms with E-state index in [0.29, 0.717) is 25.6 Å². The SMILES string of the molecule is CC(CO)NC(=O)c1ccc2cc(-c3nn(COCCS(C)(C)C)c4c3CCC(C)(C)C4)n(COCCS(C)(C)C)c2c1. The number of nitrogens with zero attached hydrogens (tertiary/aromatic N) is 3. The lowest BCUT2D eigenvalue weighted by Gasteiger charge is -2.30. The molecule has 1 amide bonds. The number of aliphatic hydroxyl groups excluding tert-OH is 1. The second-order valence-electron chi connectivity index (χ2n) is 14.6. The maximum absolute atomic E-state index is 13.0. The lowest BCUT2D eigenvalue weighted by atomic mass is 9.76. The van der Waals surface area contributed by atoms with Gasteiger partial charge in [0.15, 0.2) is 0 Å². The van der Waals surface area contributed by atoms with Crippen molar-refractivity contribution in [2.75, 3.05) is 68.9 Å². The summed E-state index contributed by atoms with van der Waals surface area (Å²) in [5.41, 5.74) is 6.25. The van der Waals surface area contributed by atoms with Crippen LogP contribution in [-0.4, -0.2) is 100 Å². The Morgan fingerprint density at radius 1 is 1.05 bits per heavy atom. The number of benzene rings is 1. The van der Waals surface area contributed by atoms with Crippen molar-refractivity contribution in [2.45, 2.75) is 59.5 Å². The first-order valence-corrected chi connectivity index (χ1v) is 21.2. The smallest absolute Gasteiger partial charge is 0.251 e. The van der Waals surface area contributed by atoms with Crippen molar-refractivity contribution in [2.24, 2.45) is 5.41 Å². The highest BCUT2D eigenvalue weighted by molar-refractivity contribution is 8.32. The van der Waals surface area contributed by atoms with Crippen LogP contribution in [0.4, 0.5) is 0 Å². The number of hydrogen-bond acceptors (Lipinski definition) is 5. The summed E-state index contributed by atoms with van der Waals surface area (Å²) in [6.07, 6.45) is 16.9. The van der Waals surface area contributed by atoms with Gasteiger partial charge < -0.3 is 24.5 Å². The third kappa shape index (κ3) is 9.03. The van der Waals surface area contributed by atoms with Crippen LogP contribution in [-0.2, 0) is 35.8 Å². The maximum Gasteiger partial charge on any atom is 0.251 e. The van der Waals surface area contributed by atoms with Crippen molar-refractivity contribution < 1.29 is 19.4 Å². The van der Waals surface area contributed by atoms with E-state index in [-0.39, 0.29) is 24.0 Å². The minimum Gasteiger partial charge on any atom is -0.394 e. The van der Waals surface area contributed by atoms with Crippen molar-refractivity contribution >= 4 is 36.9 Å². The van der Waals surface area contributed by atoms with Gasteiger partial charge in [-0.1, -0.05) is 19.9 Å². The molecule has 0 saturated carbocycles. The average molecular weight is 635 g/mol. The third-order valence-corrected chi connectivity index (χ3v) is 10.8. The molecule has 1 aliphatic rings. The van der Waals surface area contributed by atoms with Gasteiger partial charge in [-0.25, -0.2) is 24.7 Å². The zero-order valence-corrected chi connectivity index (χ0v) is 29.4. The molecule has 0 spiro atoms. The Kier molecular flexibility index (Phi) is 10.7. The zero-order chi connectivity index (χ0) is 31.6. The quantitative estimate of drug-likeness (QED) is 0.230. The molecule has 1 atom stereocenters. The molecule has 242 valence electrons. The fraction of sp³-hybridized carbons (Fsp3) is 0.636. The molecule has 0 saturated heterocycles. The Hall–Kier alpha value is -1.98. The summed E-state index contributed by atoms with van der Waals surface area (Å²) in [5.74, 6) is 1.90. The van der Waals surface area contributed by atoms with Crippen molar-refractivity contribution in [3.8, 4) is 11.4 Å². The number of hydrogen-bond donors (Lipinski definition) is 2. The van der Waals surface area contributed by atoms with Gasteiger partial charge in [0.05, 0.1) is 31.0 Å². The molecule has 43 heavy (non-hydrogen) atoms. The summed E-state index contributed by atoms with van der Waals surface area (Å²) in [4.78, 5) is 13.0. The fourth-order valence-electron chi connectivity index (χ4n) is 5.32. The first-order valence-electron chi connectivity index (χ1n) is 15.2. The molecule has 0 radical (unpaired) electrons. The molecule has 2 heterocycles. The van der Waals surface area contributed by atoms with Gasteiger partial charge in [-0.05, 0) is 87.3 Å². The van der Waals surface area contributed by atoms with Crippen molar-refractivity contribution in [3.63, 3.8) is 0 Å². The number of aliphatic hydroxyl groups is 1. The van der Waals surface area contributed by atoms with Gasteiger partial charge in [0.2, 0.25) is 0 Å². The summed E-state index contributed by atoms with van der Waals surface area (Å²) >= 11 is 0. The van der Waals surface area contributed by atoms with Crippen LogP contribution in [0.1, 0.15) is 48.8 Å². The van der Waals surface area contributed by atoms with E-state index >= 15 is 0 Å². The Balaban J connectivity index is 1.75. The van der Waals surface area contributed by atoms with Gasteiger partial charge in [0.1, 0.15) is 19.2 Å². The summed E-state index contributed by atoms with van der Waals surface area (Å²) in [6, 6.07) is 7.64. The number of nitrogens with one attached hydrogen (secondary N) is 1. The summed E-state index contributed by atoms with van der Waals surface area (Å²) < 4.78 is 16.8. The standard InChI is InChI=1S/C33H54N4O4S2/c1-24(21-38)34-32(39)26-11-10-25-18-29(36(28(25)19-26)22-40-14-16-42(4,5)6)31-27-12-13-33(2,3)20-30(27)37(35-31)23-41-15-17-43(7,8)9/h10-11,18-19,24,38H,12-17,20-23H2,1-9H3,(H,34,39). The zero-order valence-electron chi connectivity index (χ0n) is 27.8. The van der Waals surface area contributed by atoms with E-state index in [1.54, 1.807) is 6.92 Å². The highest BCUT2D eigenvalue weighted by atomic mass is 32.3. The number of carbonyl (C=O) groups excluding carboxylic acids is 1. The van der Waals surface area contributed by atoms with Gasteiger partial charge in [-0.2, -0.15) is 5.10 Å². The number of amides is 1. The summed E-state index contributed by atoms with van der Waals surface area (Å²) in [6.45, 7) is 8.59. The van der Waals surface area contributed by atoms with Gasteiger partial charge in [0.25, 0.3) is 5.91 Å². The molecule has 0 aliphatic heterocycles. The molecule has 3 aromatic rings. The van der Waals surface area contributed by atoms with Gasteiger partial charge >= 0.3 is 0 Å². The van der Waals surface area contributed by atoms with Crippen molar-refractivity contribution in [1.82, 2.24) is 19.7 Å². The summed E-state index contributed by atoms with van der Waals surface area (Å²) in [7, 11) is -1.30. The molecule has 1 aliphatic carbocycles. The fourth-order valence-corrected chi connectivity index (χ4v) is 6.56. The Morgan fingerprint density at radius 3 is 2.33 bits per heavy atom. The van der Waals surface area contributed by atoms with Crippen LogP contribution >= 0.6 is 20.1 Å². The molecule has 10 heteroatoms. The molecule has 0 fully saturated rings. The highest BCUT2D eigenvalue weighted by Gasteiger charge is 2.32. The topological polar surface area (TPSA) is 90.5 Å². The van der Waals surface area contributed by atoms with E-state index in [0.717, 1.165) is 59.7 Å². The van der Waals surface area contributed by atoms with Crippen LogP contribution < -0.4 is 5.32 Å². The minimum absolute atomic E-state index is 0.107. The third-order valence-electron chi connectivity index (χ3n) is 8.04. The van der Waals surface area contributed by atoms with Crippen molar-refractivity contribution in [1.29, 1.82) is 0 Å². The van der Waals surface area contributed by atoms with Crippen molar-refractivity contribution in [3.05, 3.63) is 41.1 Å². The van der Waals surface area contributed by atoms with E-state index in [1.807, 2.05) is 18.2 Å². The average Bonchev–Trinajstić information content (AvgIpc) is 3.44. The Morgan fingerprint density at radius 2 is 1.70 bits per heavy atom. The van der Waals surface area contributed by atoms with E-state index in [1.165, 1.54) is 11.3 Å². The number of aromatic nitrogens is 3. The van der Waals surface area contributed by atoms with Crippen LogP contribution in [0.25, 0.3) is 22.3 Å². The molecule has 1 aromatic carbocycles. The highest BCUT2D eigenvalue weighted by Crippen LogP contribution is 2.41. The Labute approximate surface area is 261 Å². The number of fused-ring (bicyclic) bond motifs is 2. The molecule has 4 rings (SSSR count). The van der Waals surface area contributed by atoms with E-state index in [2.05, 4.69) is 72.0 Å². The maximum atomic E-state index is 13.0. The van der Waals surface area contributed by atoms with Crippen LogP contribution in [0.5, 0.6) is 0 Å². The van der Waals surface area contributed by atoms with Gasteiger partial charge in [-0.3, -0.25) is 4.79 Å². The second kappa shape index (κ2) is 13.6. The van der Waals surface area contributed by atoms with E-state index < -0.39 is 20.1 Å². The predicted molar refractivity (Wildman–Crippen MR) is 185 cm³/mol. The lowest BCUT2D eigenvalue weighted by molar-refractivity contribution is 0.0769. The molecule has 0 bridgehead atoms. The first kappa shape index (κ1) is 33.9. The number of carbonyl (C=O) groups is 1. The van der Waals surface area contributed by atoms with Crippen LogP contribution in [0.3, 0.4) is 0 Å². The lowest BCUT2D eigenvalue weighted by Crippen LogP contribution is -2.34. The van der Waals surface area contributed by atoms with Crippen LogP contribution in [0, 0.1) is 5.41 Å². The van der Waals surface area contributed by atoms with Crippen LogP contribution in [0.2, 0.25) is 0 Å². The number of ether oxygens (including phenoxy) is 2. The monoisotopic (exact) mass is 634 g/mol. The predicted octanol–water partition coefficient (Wildman–Crippen LogP) is 5.47. The van der Waals surface area contributed by atoms with Crippen LogP contribution in [0.15, 0.2) is 24.3 Å². The molecular formula is C33H54N4O4S2. The molecule has 1 unspecified atom stereocenters. The van der Waals surface area contributed by atoms with Gasteiger partial charge in [-0.15, -0.1) is 0 Å². The molecule has 2 aromatic heterocycles. The normalized spacial score (nSPS) is 16.7. The second-order valence-corrected chi connectivity index (χ2v) is 23.7.